The van der Waals surface area contributed by atoms with Crippen molar-refractivity contribution in [3.05, 3.63) is 23.8 Å². The molecule has 3 N–H and O–H groups in total. The Hall–Kier alpha value is -3.34. The van der Waals surface area contributed by atoms with Crippen molar-refractivity contribution in [1.29, 1.82) is 0 Å². The molecule has 208 valence electrons. The van der Waals surface area contributed by atoms with Crippen molar-refractivity contribution in [2.75, 3.05) is 0 Å². The third-order valence-corrected chi connectivity index (χ3v) is 5.34. The standard InChI is InChI=1S/C26H39NO10/c1-14(2)18(8)22(28)35-17(7)12-26(27,23(29)30)13-19-9-10-20(36-24(31)33-15(3)4)21(11-19)37-25(32)34-16(5)6/h9-11,14-18H,12-13,27H2,1-8H3,(H,29,30)/t17-,18?,26?/m0/s1. The molecule has 0 heterocycles. The average molecular weight is 526 g/mol. The molecule has 0 spiro atoms. The highest BCUT2D eigenvalue weighted by Crippen LogP contribution is 2.32. The van der Waals surface area contributed by atoms with Crippen LogP contribution in [0.15, 0.2) is 18.2 Å². The van der Waals surface area contributed by atoms with Gasteiger partial charge in [0.1, 0.15) is 11.6 Å². The highest BCUT2D eigenvalue weighted by atomic mass is 16.7. The van der Waals surface area contributed by atoms with Crippen LogP contribution in [0, 0.1) is 11.8 Å². The van der Waals surface area contributed by atoms with Crippen LogP contribution in [0.4, 0.5) is 9.59 Å². The van der Waals surface area contributed by atoms with Gasteiger partial charge in [0.2, 0.25) is 0 Å². The van der Waals surface area contributed by atoms with Crippen molar-refractivity contribution < 1.29 is 48.0 Å². The zero-order valence-electron chi connectivity index (χ0n) is 22.7. The summed E-state index contributed by atoms with van der Waals surface area (Å²) in [6.45, 7) is 13.6. The molecule has 11 heteroatoms. The van der Waals surface area contributed by atoms with Gasteiger partial charge in [0.15, 0.2) is 11.5 Å². The van der Waals surface area contributed by atoms with E-state index in [0.717, 1.165) is 0 Å². The number of hydrogen-bond donors (Lipinski definition) is 2. The Kier molecular flexibility index (Phi) is 11.8. The van der Waals surface area contributed by atoms with Crippen LogP contribution >= 0.6 is 0 Å². The summed E-state index contributed by atoms with van der Waals surface area (Å²) in [7, 11) is 0. The number of aliphatic carboxylic acids is 1. The number of carboxylic acids is 1. The first-order valence-corrected chi connectivity index (χ1v) is 12.2. The van der Waals surface area contributed by atoms with Crippen LogP contribution in [-0.4, -0.2) is 53.2 Å². The maximum atomic E-state index is 12.3. The van der Waals surface area contributed by atoms with Crippen LogP contribution in [0.5, 0.6) is 11.5 Å². The predicted octanol–water partition coefficient (Wildman–Crippen LogP) is 4.47. The van der Waals surface area contributed by atoms with Crippen LogP contribution in [0.2, 0.25) is 0 Å². The lowest BCUT2D eigenvalue weighted by molar-refractivity contribution is -0.157. The fraction of sp³-hybridized carbons (Fsp3) is 0.615. The molecule has 1 aromatic carbocycles. The lowest BCUT2D eigenvalue weighted by atomic mass is 9.86. The Morgan fingerprint density at radius 1 is 0.838 bits per heavy atom. The molecular formula is C26H39NO10. The van der Waals surface area contributed by atoms with E-state index >= 15 is 0 Å². The van der Waals surface area contributed by atoms with Gasteiger partial charge in [0.05, 0.1) is 18.1 Å². The molecule has 0 aliphatic heterocycles. The molecule has 0 aliphatic rings. The SMILES string of the molecule is CC(C)OC(=O)Oc1ccc(CC(N)(C[C@H](C)OC(=O)C(C)C(C)C)C(=O)O)cc1OC(=O)OC(C)C. The Morgan fingerprint density at radius 3 is 1.81 bits per heavy atom. The van der Waals surface area contributed by atoms with Gasteiger partial charge in [0.25, 0.3) is 0 Å². The van der Waals surface area contributed by atoms with Crippen molar-refractivity contribution in [1.82, 2.24) is 0 Å². The van der Waals surface area contributed by atoms with E-state index in [1.54, 1.807) is 41.5 Å². The minimum atomic E-state index is -1.82. The summed E-state index contributed by atoms with van der Waals surface area (Å²) in [6.07, 6.45) is -4.16. The van der Waals surface area contributed by atoms with Gasteiger partial charge >= 0.3 is 24.2 Å². The highest BCUT2D eigenvalue weighted by Gasteiger charge is 2.37. The number of hydrogen-bond acceptors (Lipinski definition) is 10. The lowest BCUT2D eigenvalue weighted by Crippen LogP contribution is -2.52. The fourth-order valence-electron chi connectivity index (χ4n) is 3.17. The van der Waals surface area contributed by atoms with Crippen molar-refractivity contribution in [3.63, 3.8) is 0 Å². The van der Waals surface area contributed by atoms with E-state index < -0.39 is 48.1 Å². The van der Waals surface area contributed by atoms with Crippen LogP contribution in [-0.2, 0) is 30.2 Å². The van der Waals surface area contributed by atoms with Crippen molar-refractivity contribution in [3.8, 4) is 11.5 Å². The van der Waals surface area contributed by atoms with E-state index in [0.29, 0.717) is 5.56 Å². The smallest absolute Gasteiger partial charge is 0.480 e. The molecule has 11 nitrogen and oxygen atoms in total. The number of carbonyl (C=O) groups is 4. The second kappa shape index (κ2) is 13.8. The monoisotopic (exact) mass is 525 g/mol. The molecule has 1 rings (SSSR count). The Balaban J connectivity index is 3.19. The number of benzene rings is 1. The zero-order valence-corrected chi connectivity index (χ0v) is 22.7. The summed E-state index contributed by atoms with van der Waals surface area (Å²) >= 11 is 0. The van der Waals surface area contributed by atoms with E-state index in [1.807, 2.05) is 13.8 Å². The van der Waals surface area contributed by atoms with E-state index in [2.05, 4.69) is 0 Å². The molecule has 2 unspecified atom stereocenters. The first kappa shape index (κ1) is 31.7. The van der Waals surface area contributed by atoms with Crippen molar-refractivity contribution in [2.45, 2.75) is 92.1 Å². The van der Waals surface area contributed by atoms with E-state index in [9.17, 15) is 24.3 Å². The lowest BCUT2D eigenvalue weighted by Gasteiger charge is -2.29. The minimum absolute atomic E-state index is 0.0566. The van der Waals surface area contributed by atoms with Gasteiger partial charge < -0.3 is 34.5 Å². The molecule has 0 aromatic heterocycles. The molecule has 0 saturated carbocycles. The second-order valence-electron chi connectivity index (χ2n) is 9.94. The van der Waals surface area contributed by atoms with Gasteiger partial charge in [-0.3, -0.25) is 9.59 Å². The maximum Gasteiger partial charge on any atom is 0.514 e. The Morgan fingerprint density at radius 2 is 1.35 bits per heavy atom. The van der Waals surface area contributed by atoms with Crippen molar-refractivity contribution in [2.24, 2.45) is 17.6 Å². The third-order valence-electron chi connectivity index (χ3n) is 5.34. The maximum absolute atomic E-state index is 12.3. The van der Waals surface area contributed by atoms with Gasteiger partial charge in [-0.05, 0) is 58.2 Å². The number of nitrogens with two attached hydrogens (primary N) is 1. The zero-order chi connectivity index (χ0) is 28.5. The Labute approximate surface area is 217 Å². The Bertz CT molecular complexity index is 959. The normalized spacial score (nSPS) is 14.5. The summed E-state index contributed by atoms with van der Waals surface area (Å²) in [5.74, 6) is -2.39. The second-order valence-corrected chi connectivity index (χ2v) is 9.94. The van der Waals surface area contributed by atoms with Gasteiger partial charge in [-0.2, -0.15) is 0 Å². The average Bonchev–Trinajstić information content (AvgIpc) is 2.73. The summed E-state index contributed by atoms with van der Waals surface area (Å²) in [5.41, 5.74) is 4.78. The first-order chi connectivity index (χ1) is 17.0. The molecule has 1 aromatic rings. The van der Waals surface area contributed by atoms with Gasteiger partial charge in [-0.1, -0.05) is 26.8 Å². The molecule has 0 aliphatic carbocycles. The summed E-state index contributed by atoms with van der Waals surface area (Å²) in [5, 5.41) is 9.89. The van der Waals surface area contributed by atoms with E-state index in [4.69, 9.17) is 29.4 Å². The van der Waals surface area contributed by atoms with Gasteiger partial charge in [-0.25, -0.2) is 9.59 Å². The van der Waals surface area contributed by atoms with Gasteiger partial charge in [-0.15, -0.1) is 0 Å². The topological polar surface area (TPSA) is 161 Å². The van der Waals surface area contributed by atoms with E-state index in [1.165, 1.54) is 18.2 Å². The molecule has 37 heavy (non-hydrogen) atoms. The number of carboxylic acid groups (broad SMARTS) is 1. The molecule has 0 radical (unpaired) electrons. The van der Waals surface area contributed by atoms with Crippen LogP contribution in [0.25, 0.3) is 0 Å². The molecule has 0 fully saturated rings. The quantitative estimate of drug-likeness (QED) is 0.225. The molecule has 0 amide bonds. The number of esters is 1. The first-order valence-electron chi connectivity index (χ1n) is 12.2. The third kappa shape index (κ3) is 10.7. The molecular weight excluding hydrogens is 486 g/mol. The van der Waals surface area contributed by atoms with Crippen LogP contribution < -0.4 is 15.2 Å². The molecule has 3 atom stereocenters. The highest BCUT2D eigenvalue weighted by molar-refractivity contribution is 5.79. The number of rotatable bonds is 12. The molecule has 0 bridgehead atoms. The van der Waals surface area contributed by atoms with E-state index in [-0.39, 0.29) is 36.2 Å². The summed E-state index contributed by atoms with van der Waals surface area (Å²) < 4.78 is 25.7. The summed E-state index contributed by atoms with van der Waals surface area (Å²) in [6, 6.07) is 4.12. The predicted molar refractivity (Wildman–Crippen MR) is 133 cm³/mol. The molecule has 0 saturated heterocycles. The minimum Gasteiger partial charge on any atom is -0.480 e. The largest absolute Gasteiger partial charge is 0.514 e. The number of ether oxygens (including phenoxy) is 5. The fourth-order valence-corrected chi connectivity index (χ4v) is 3.17. The van der Waals surface area contributed by atoms with Crippen LogP contribution in [0.1, 0.15) is 67.4 Å². The number of carbonyl (C=O) groups excluding carboxylic acids is 3. The van der Waals surface area contributed by atoms with Crippen molar-refractivity contribution >= 4 is 24.2 Å². The van der Waals surface area contributed by atoms with Crippen LogP contribution in [0.3, 0.4) is 0 Å². The van der Waals surface area contributed by atoms with Gasteiger partial charge in [0, 0.05) is 12.8 Å². The summed E-state index contributed by atoms with van der Waals surface area (Å²) in [4.78, 5) is 48.5.